The molecule has 33 heavy (non-hydrogen) atoms. The summed E-state index contributed by atoms with van der Waals surface area (Å²) in [5, 5.41) is 17.1. The van der Waals surface area contributed by atoms with Crippen molar-refractivity contribution >= 4 is 28.4 Å². The van der Waals surface area contributed by atoms with E-state index in [-0.39, 0.29) is 6.04 Å². The van der Waals surface area contributed by atoms with E-state index in [2.05, 4.69) is 76.3 Å². The molecule has 0 spiro atoms. The lowest BCUT2D eigenvalue weighted by Gasteiger charge is -2.17. The molecule has 3 aromatic carbocycles. The van der Waals surface area contributed by atoms with Crippen molar-refractivity contribution in [3.63, 3.8) is 0 Å². The molecule has 1 atom stereocenters. The van der Waals surface area contributed by atoms with Crippen molar-refractivity contribution in [3.05, 3.63) is 78.0 Å². The second-order valence-corrected chi connectivity index (χ2v) is 8.78. The molecule has 0 amide bonds. The molecule has 0 aliphatic rings. The van der Waals surface area contributed by atoms with E-state index in [1.54, 1.807) is 32.2 Å². The summed E-state index contributed by atoms with van der Waals surface area (Å²) in [7, 11) is 5.23. The van der Waals surface area contributed by atoms with Gasteiger partial charge in [-0.3, -0.25) is 0 Å². The van der Waals surface area contributed by atoms with Gasteiger partial charge in [-0.05, 0) is 55.4 Å². The summed E-state index contributed by atoms with van der Waals surface area (Å²) in [5.74, 6) is 2.04. The summed E-state index contributed by atoms with van der Waals surface area (Å²) in [5.41, 5.74) is 2.47. The number of rotatable bonds is 9. The van der Waals surface area contributed by atoms with E-state index in [4.69, 9.17) is 9.47 Å². The van der Waals surface area contributed by atoms with Crippen LogP contribution in [0, 0.1) is 0 Å². The second kappa shape index (κ2) is 10.6. The van der Waals surface area contributed by atoms with Crippen molar-refractivity contribution in [2.75, 3.05) is 26.6 Å². The molecule has 0 saturated heterocycles. The number of aromatic nitrogens is 2. The third kappa shape index (κ3) is 5.21. The minimum atomic E-state index is 0.0497. The SMILES string of the molecule is CNCc1ccccc1Sc1ccc(C(C)Nc2nncc3cc(OC)c(OC)cc23)cc1. The molecular formula is C26H28N4O2S. The van der Waals surface area contributed by atoms with Gasteiger partial charge >= 0.3 is 0 Å². The maximum atomic E-state index is 5.47. The Kier molecular flexibility index (Phi) is 7.32. The fourth-order valence-corrected chi connectivity index (χ4v) is 4.64. The topological polar surface area (TPSA) is 68.3 Å². The van der Waals surface area contributed by atoms with Gasteiger partial charge in [0.2, 0.25) is 0 Å². The van der Waals surface area contributed by atoms with E-state index >= 15 is 0 Å². The molecule has 4 aromatic rings. The first kappa shape index (κ1) is 22.9. The number of anilines is 1. The summed E-state index contributed by atoms with van der Waals surface area (Å²) in [6.07, 6.45) is 1.73. The van der Waals surface area contributed by atoms with Crippen LogP contribution in [0.25, 0.3) is 10.8 Å². The number of hydrogen-bond acceptors (Lipinski definition) is 7. The summed E-state index contributed by atoms with van der Waals surface area (Å²) in [6.45, 7) is 2.97. The average molecular weight is 461 g/mol. The molecule has 4 rings (SSSR count). The molecule has 0 aliphatic carbocycles. The first-order valence-electron chi connectivity index (χ1n) is 10.8. The highest BCUT2D eigenvalue weighted by Gasteiger charge is 2.13. The molecule has 0 saturated carbocycles. The Balaban J connectivity index is 1.53. The largest absolute Gasteiger partial charge is 0.493 e. The molecule has 6 nitrogen and oxygen atoms in total. The minimum Gasteiger partial charge on any atom is -0.493 e. The number of nitrogens with zero attached hydrogens (tertiary/aromatic N) is 2. The van der Waals surface area contributed by atoms with Crippen molar-refractivity contribution in [2.45, 2.75) is 29.3 Å². The van der Waals surface area contributed by atoms with Crippen LogP contribution in [0.5, 0.6) is 11.5 Å². The summed E-state index contributed by atoms with van der Waals surface area (Å²) < 4.78 is 10.9. The van der Waals surface area contributed by atoms with Gasteiger partial charge in [0.25, 0.3) is 0 Å². The van der Waals surface area contributed by atoms with Crippen LogP contribution in [0.15, 0.2) is 76.7 Å². The Morgan fingerprint density at radius 2 is 1.70 bits per heavy atom. The standard InChI is InChI=1S/C26H28N4O2S/c1-17(29-26-22-14-24(32-4)23(31-3)13-20(22)16-28-30-26)18-9-11-21(12-10-18)33-25-8-6-5-7-19(25)15-27-2/h5-14,16-17,27H,15H2,1-4H3,(H,29,30). The molecule has 1 heterocycles. The maximum Gasteiger partial charge on any atom is 0.161 e. The number of benzene rings is 3. The third-order valence-corrected chi connectivity index (χ3v) is 6.59. The Bertz CT molecular complexity index is 1230. The van der Waals surface area contributed by atoms with Crippen molar-refractivity contribution in [1.29, 1.82) is 0 Å². The van der Waals surface area contributed by atoms with Gasteiger partial charge in [0, 0.05) is 27.1 Å². The molecule has 170 valence electrons. The predicted octanol–water partition coefficient (Wildman–Crippen LogP) is 5.69. The van der Waals surface area contributed by atoms with Crippen LogP contribution in [-0.2, 0) is 6.54 Å². The van der Waals surface area contributed by atoms with Crippen LogP contribution in [-0.4, -0.2) is 31.5 Å². The zero-order chi connectivity index (χ0) is 23.2. The lowest BCUT2D eigenvalue weighted by molar-refractivity contribution is 0.356. The normalized spacial score (nSPS) is 11.9. The van der Waals surface area contributed by atoms with Crippen LogP contribution in [0.4, 0.5) is 5.82 Å². The Hall–Kier alpha value is -3.29. The maximum absolute atomic E-state index is 5.47. The van der Waals surface area contributed by atoms with Gasteiger partial charge in [-0.25, -0.2) is 0 Å². The molecule has 7 heteroatoms. The van der Waals surface area contributed by atoms with Gasteiger partial charge < -0.3 is 20.1 Å². The van der Waals surface area contributed by atoms with Gasteiger partial charge in [-0.2, -0.15) is 5.10 Å². The fourth-order valence-electron chi connectivity index (χ4n) is 3.70. The molecule has 2 N–H and O–H groups in total. The Morgan fingerprint density at radius 3 is 2.42 bits per heavy atom. The van der Waals surface area contributed by atoms with Gasteiger partial charge in [0.15, 0.2) is 17.3 Å². The van der Waals surface area contributed by atoms with Gasteiger partial charge in [0.1, 0.15) is 0 Å². The van der Waals surface area contributed by atoms with Gasteiger partial charge in [0.05, 0.1) is 26.5 Å². The van der Waals surface area contributed by atoms with E-state index in [0.29, 0.717) is 17.3 Å². The second-order valence-electron chi connectivity index (χ2n) is 7.66. The number of fused-ring (bicyclic) bond motifs is 1. The zero-order valence-corrected chi connectivity index (χ0v) is 20.1. The molecule has 1 aromatic heterocycles. The van der Waals surface area contributed by atoms with Crippen LogP contribution >= 0.6 is 11.8 Å². The highest BCUT2D eigenvalue weighted by atomic mass is 32.2. The van der Waals surface area contributed by atoms with E-state index in [9.17, 15) is 0 Å². The lowest BCUT2D eigenvalue weighted by Crippen LogP contribution is -2.09. The van der Waals surface area contributed by atoms with Crippen LogP contribution in [0.1, 0.15) is 24.1 Å². The summed E-state index contributed by atoms with van der Waals surface area (Å²) in [6, 6.07) is 21.0. The quantitative estimate of drug-likeness (QED) is 0.332. The Morgan fingerprint density at radius 1 is 0.970 bits per heavy atom. The summed E-state index contributed by atoms with van der Waals surface area (Å²) >= 11 is 1.78. The Labute approximate surface area is 198 Å². The smallest absolute Gasteiger partial charge is 0.161 e. The molecule has 0 fully saturated rings. The highest BCUT2D eigenvalue weighted by Crippen LogP contribution is 2.35. The first-order valence-corrected chi connectivity index (χ1v) is 11.6. The number of methoxy groups -OCH3 is 2. The third-order valence-electron chi connectivity index (χ3n) is 5.47. The average Bonchev–Trinajstić information content (AvgIpc) is 2.85. The number of ether oxygens (including phenoxy) is 2. The zero-order valence-electron chi connectivity index (χ0n) is 19.3. The van der Waals surface area contributed by atoms with E-state index in [1.807, 2.05) is 19.2 Å². The van der Waals surface area contributed by atoms with Crippen LogP contribution < -0.4 is 20.1 Å². The molecular weight excluding hydrogens is 432 g/mol. The molecule has 1 unspecified atom stereocenters. The highest BCUT2D eigenvalue weighted by molar-refractivity contribution is 7.99. The molecule has 0 aliphatic heterocycles. The van der Waals surface area contributed by atoms with Crippen molar-refractivity contribution < 1.29 is 9.47 Å². The van der Waals surface area contributed by atoms with Crippen molar-refractivity contribution in [1.82, 2.24) is 15.5 Å². The first-order chi connectivity index (χ1) is 16.1. The van der Waals surface area contributed by atoms with Gasteiger partial charge in [-0.15, -0.1) is 5.10 Å². The van der Waals surface area contributed by atoms with E-state index in [0.717, 1.165) is 17.3 Å². The minimum absolute atomic E-state index is 0.0497. The fraction of sp³-hybridized carbons (Fsp3) is 0.231. The van der Waals surface area contributed by atoms with Gasteiger partial charge in [-0.1, -0.05) is 42.1 Å². The van der Waals surface area contributed by atoms with Crippen molar-refractivity contribution in [3.8, 4) is 11.5 Å². The van der Waals surface area contributed by atoms with Crippen LogP contribution in [0.3, 0.4) is 0 Å². The molecule has 0 radical (unpaired) electrons. The lowest BCUT2D eigenvalue weighted by atomic mass is 10.1. The molecule has 0 bridgehead atoms. The van der Waals surface area contributed by atoms with E-state index < -0.39 is 0 Å². The number of nitrogens with one attached hydrogen (secondary N) is 2. The van der Waals surface area contributed by atoms with Crippen molar-refractivity contribution in [2.24, 2.45) is 0 Å². The van der Waals surface area contributed by atoms with Crippen LogP contribution in [0.2, 0.25) is 0 Å². The summed E-state index contributed by atoms with van der Waals surface area (Å²) in [4.78, 5) is 2.47. The van der Waals surface area contributed by atoms with E-state index in [1.165, 1.54) is 20.9 Å². The predicted molar refractivity (Wildman–Crippen MR) is 134 cm³/mol. The monoisotopic (exact) mass is 460 g/mol. The number of hydrogen-bond donors (Lipinski definition) is 2.